The summed E-state index contributed by atoms with van der Waals surface area (Å²) in [5.74, 6) is -0.776. The number of barbiturate groups is 1. The molecule has 10 nitrogen and oxygen atoms in total. The van der Waals surface area contributed by atoms with Crippen LogP contribution in [0.1, 0.15) is 18.1 Å². The minimum absolute atomic E-state index is 0.0817. The van der Waals surface area contributed by atoms with Gasteiger partial charge in [0.25, 0.3) is 17.5 Å². The highest BCUT2D eigenvalue weighted by Crippen LogP contribution is 2.36. The Labute approximate surface area is 247 Å². The number of anilines is 1. The van der Waals surface area contributed by atoms with Crippen molar-refractivity contribution in [1.29, 1.82) is 0 Å². The van der Waals surface area contributed by atoms with Crippen molar-refractivity contribution in [3.05, 3.63) is 109 Å². The van der Waals surface area contributed by atoms with Crippen LogP contribution in [0.3, 0.4) is 0 Å². The van der Waals surface area contributed by atoms with Crippen LogP contribution >= 0.6 is 22.6 Å². The second kappa shape index (κ2) is 11.8. The molecule has 0 spiro atoms. The van der Waals surface area contributed by atoms with Gasteiger partial charge in [0.1, 0.15) is 12.2 Å². The number of hydrogen-bond donors (Lipinski definition) is 1. The summed E-state index contributed by atoms with van der Waals surface area (Å²) in [5, 5.41) is 15.3. The number of imide groups is 2. The summed E-state index contributed by atoms with van der Waals surface area (Å²) in [7, 11) is 0. The summed E-state index contributed by atoms with van der Waals surface area (Å²) in [6, 6.07) is 21.4. The van der Waals surface area contributed by atoms with Gasteiger partial charge in [0.2, 0.25) is 0 Å². The molecule has 0 unspecified atom stereocenters. The Kier molecular flexibility index (Phi) is 7.97. The Morgan fingerprint density at radius 2 is 1.71 bits per heavy atom. The number of benzene rings is 4. The van der Waals surface area contributed by atoms with Crippen LogP contribution in [0.5, 0.6) is 11.5 Å². The molecular weight excluding hydrogens is 641 g/mol. The number of nitro benzene ring substituents is 1. The predicted molar refractivity (Wildman–Crippen MR) is 161 cm³/mol. The van der Waals surface area contributed by atoms with Crippen LogP contribution in [0, 0.1) is 13.7 Å². The molecule has 0 radical (unpaired) electrons. The minimum atomic E-state index is -0.951. The third kappa shape index (κ3) is 5.75. The van der Waals surface area contributed by atoms with Crippen LogP contribution < -0.4 is 19.7 Å². The van der Waals surface area contributed by atoms with Gasteiger partial charge in [-0.05, 0) is 81.8 Å². The largest absolute Gasteiger partial charge is 0.490 e. The van der Waals surface area contributed by atoms with Crippen molar-refractivity contribution in [2.45, 2.75) is 13.5 Å². The van der Waals surface area contributed by atoms with Crippen LogP contribution in [-0.4, -0.2) is 29.4 Å². The first-order valence-corrected chi connectivity index (χ1v) is 13.6. The van der Waals surface area contributed by atoms with Crippen molar-refractivity contribution in [3.8, 4) is 11.5 Å². The van der Waals surface area contributed by atoms with E-state index in [1.807, 2.05) is 49.4 Å². The van der Waals surface area contributed by atoms with Crippen molar-refractivity contribution >= 4 is 68.7 Å². The van der Waals surface area contributed by atoms with Gasteiger partial charge in [-0.2, -0.15) is 0 Å². The number of non-ortho nitro benzene ring substituents is 1. The van der Waals surface area contributed by atoms with E-state index in [1.54, 1.807) is 12.1 Å². The summed E-state index contributed by atoms with van der Waals surface area (Å²) in [5.41, 5.74) is 1.08. The number of carbonyl (C=O) groups excluding carboxylic acids is 3. The number of halogens is 1. The van der Waals surface area contributed by atoms with Crippen LogP contribution in [-0.2, 0) is 16.2 Å². The van der Waals surface area contributed by atoms with Crippen molar-refractivity contribution in [1.82, 2.24) is 5.32 Å². The molecule has 1 heterocycles. The summed E-state index contributed by atoms with van der Waals surface area (Å²) >= 11 is 2.10. The number of hydrogen-bond acceptors (Lipinski definition) is 7. The summed E-state index contributed by atoms with van der Waals surface area (Å²) in [6.45, 7) is 2.48. The van der Waals surface area contributed by atoms with Crippen LogP contribution in [0.2, 0.25) is 0 Å². The SMILES string of the molecule is CCOc1cc(/C=C2\C(=O)NC(=O)N(c3ccc([N+](=O)[O-])cc3)C2=O)cc(I)c1OCc1cccc2ccccc12. The molecule has 206 valence electrons. The van der Waals surface area contributed by atoms with E-state index in [-0.39, 0.29) is 16.9 Å². The Morgan fingerprint density at radius 1 is 0.976 bits per heavy atom. The maximum absolute atomic E-state index is 13.3. The highest BCUT2D eigenvalue weighted by Gasteiger charge is 2.37. The minimum Gasteiger partial charge on any atom is -0.490 e. The number of urea groups is 1. The highest BCUT2D eigenvalue weighted by molar-refractivity contribution is 14.1. The predicted octanol–water partition coefficient (Wildman–Crippen LogP) is 6.00. The van der Waals surface area contributed by atoms with Gasteiger partial charge in [0.15, 0.2) is 11.5 Å². The quantitative estimate of drug-likeness (QED) is 0.0806. The topological polar surface area (TPSA) is 128 Å². The maximum atomic E-state index is 13.3. The fourth-order valence-corrected chi connectivity index (χ4v) is 5.21. The molecular formula is C30H22IN3O7. The first-order chi connectivity index (χ1) is 19.8. The molecule has 4 amide bonds. The lowest BCUT2D eigenvalue weighted by atomic mass is 10.1. The molecule has 0 aliphatic carbocycles. The van der Waals surface area contributed by atoms with E-state index >= 15 is 0 Å². The van der Waals surface area contributed by atoms with Gasteiger partial charge in [-0.15, -0.1) is 0 Å². The van der Waals surface area contributed by atoms with E-state index in [0.717, 1.165) is 21.2 Å². The molecule has 0 aromatic heterocycles. The second-order valence-corrected chi connectivity index (χ2v) is 10.1. The summed E-state index contributed by atoms with van der Waals surface area (Å²) in [6.07, 6.45) is 1.36. The van der Waals surface area contributed by atoms with Crippen LogP contribution in [0.4, 0.5) is 16.2 Å². The van der Waals surface area contributed by atoms with E-state index in [1.165, 1.54) is 30.3 Å². The Hall–Kier alpha value is -4.78. The number of nitrogens with zero attached hydrogens (tertiary/aromatic N) is 2. The maximum Gasteiger partial charge on any atom is 0.335 e. The molecule has 1 aliphatic rings. The van der Waals surface area contributed by atoms with Gasteiger partial charge in [-0.3, -0.25) is 25.0 Å². The van der Waals surface area contributed by atoms with Crippen molar-refractivity contribution in [2.75, 3.05) is 11.5 Å². The zero-order valence-corrected chi connectivity index (χ0v) is 23.8. The number of amides is 4. The molecule has 0 saturated carbocycles. The molecule has 1 saturated heterocycles. The van der Waals surface area contributed by atoms with Crippen molar-refractivity contribution in [3.63, 3.8) is 0 Å². The third-order valence-electron chi connectivity index (χ3n) is 6.32. The van der Waals surface area contributed by atoms with Crippen LogP contribution in [0.15, 0.2) is 84.4 Å². The second-order valence-electron chi connectivity index (χ2n) is 8.92. The van der Waals surface area contributed by atoms with Gasteiger partial charge in [-0.1, -0.05) is 42.5 Å². The lowest BCUT2D eigenvalue weighted by Gasteiger charge is -2.26. The molecule has 1 fully saturated rings. The molecule has 11 heteroatoms. The highest BCUT2D eigenvalue weighted by atomic mass is 127. The zero-order valence-electron chi connectivity index (χ0n) is 21.6. The number of rotatable bonds is 8. The smallest absolute Gasteiger partial charge is 0.335 e. The average molecular weight is 663 g/mol. The Balaban J connectivity index is 1.45. The zero-order chi connectivity index (χ0) is 29.1. The fourth-order valence-electron chi connectivity index (χ4n) is 4.42. The molecule has 4 aromatic rings. The Morgan fingerprint density at radius 3 is 2.44 bits per heavy atom. The van der Waals surface area contributed by atoms with Crippen molar-refractivity contribution in [2.24, 2.45) is 0 Å². The molecule has 4 aromatic carbocycles. The first kappa shape index (κ1) is 27.8. The molecule has 41 heavy (non-hydrogen) atoms. The van der Waals surface area contributed by atoms with E-state index in [2.05, 4.69) is 27.9 Å². The fraction of sp³-hybridized carbons (Fsp3) is 0.100. The van der Waals surface area contributed by atoms with Gasteiger partial charge < -0.3 is 9.47 Å². The lowest BCUT2D eigenvalue weighted by molar-refractivity contribution is -0.384. The van der Waals surface area contributed by atoms with Gasteiger partial charge in [-0.25, -0.2) is 9.69 Å². The van der Waals surface area contributed by atoms with Gasteiger partial charge in [0, 0.05) is 12.1 Å². The van der Waals surface area contributed by atoms with Crippen LogP contribution in [0.25, 0.3) is 16.8 Å². The monoisotopic (exact) mass is 663 g/mol. The summed E-state index contributed by atoms with van der Waals surface area (Å²) < 4.78 is 12.8. The van der Waals surface area contributed by atoms with E-state index < -0.39 is 22.8 Å². The summed E-state index contributed by atoms with van der Waals surface area (Å²) in [4.78, 5) is 49.6. The van der Waals surface area contributed by atoms with E-state index in [4.69, 9.17) is 9.47 Å². The van der Waals surface area contributed by atoms with Gasteiger partial charge >= 0.3 is 6.03 Å². The molecule has 1 N–H and O–H groups in total. The molecule has 0 atom stereocenters. The number of carbonyl (C=O) groups is 3. The van der Waals surface area contributed by atoms with Crippen molar-refractivity contribution < 1.29 is 28.8 Å². The van der Waals surface area contributed by atoms with E-state index in [0.29, 0.717) is 33.8 Å². The van der Waals surface area contributed by atoms with Gasteiger partial charge in [0.05, 0.1) is 20.8 Å². The van der Waals surface area contributed by atoms with E-state index in [9.17, 15) is 24.5 Å². The number of fused-ring (bicyclic) bond motifs is 1. The third-order valence-corrected chi connectivity index (χ3v) is 7.12. The number of ether oxygens (including phenoxy) is 2. The number of nitro groups is 1. The molecule has 5 rings (SSSR count). The molecule has 0 bridgehead atoms. The number of nitrogens with one attached hydrogen (secondary N) is 1. The average Bonchev–Trinajstić information content (AvgIpc) is 2.95. The normalized spacial score (nSPS) is 14.3. The lowest BCUT2D eigenvalue weighted by Crippen LogP contribution is -2.54. The molecule has 1 aliphatic heterocycles. The Bertz CT molecular complexity index is 1730. The first-order valence-electron chi connectivity index (χ1n) is 12.5. The standard InChI is InChI=1S/C30H22IN3O7/c1-2-40-26-16-18(15-25(31)27(26)41-17-20-8-5-7-19-6-3-4-9-23(19)20)14-24-28(35)32-30(37)33(29(24)36)21-10-12-22(13-11-21)34(38)39/h3-16H,2,17H2,1H3,(H,32,35,37)/b24-14+.